The normalized spacial score (nSPS) is 28.4. The van der Waals surface area contributed by atoms with Crippen molar-refractivity contribution in [2.24, 2.45) is 0 Å². The van der Waals surface area contributed by atoms with Crippen LogP contribution >= 0.6 is 0 Å². The van der Waals surface area contributed by atoms with Gasteiger partial charge in [0.15, 0.2) is 6.29 Å². The smallest absolute Gasteiger partial charge is 0.224 e. The quantitative estimate of drug-likeness (QED) is 0.683. The van der Waals surface area contributed by atoms with E-state index < -0.39 is 0 Å². The molecule has 4 heteroatoms. The fraction of sp³-hybridized carbons (Fsp3) is 0.900. The van der Waals surface area contributed by atoms with Crippen molar-refractivity contribution in [3.05, 3.63) is 0 Å². The Balaban J connectivity index is 1.68. The molecule has 2 saturated heterocycles. The van der Waals surface area contributed by atoms with Gasteiger partial charge in [-0.1, -0.05) is 0 Å². The highest BCUT2D eigenvalue weighted by Crippen LogP contribution is 2.15. The van der Waals surface area contributed by atoms with Gasteiger partial charge in [0.25, 0.3) is 0 Å². The molecule has 4 nitrogen and oxygen atoms in total. The Morgan fingerprint density at radius 3 is 3.00 bits per heavy atom. The molecular formula is C10H17NO3. The molecule has 80 valence electrons. The van der Waals surface area contributed by atoms with E-state index in [9.17, 15) is 4.79 Å². The van der Waals surface area contributed by atoms with Crippen molar-refractivity contribution in [2.75, 3.05) is 19.9 Å². The monoisotopic (exact) mass is 199 g/mol. The Kier molecular flexibility index (Phi) is 3.37. The molecule has 0 N–H and O–H groups in total. The van der Waals surface area contributed by atoms with E-state index in [0.717, 1.165) is 32.4 Å². The van der Waals surface area contributed by atoms with Crippen LogP contribution in [0.2, 0.25) is 0 Å². The minimum absolute atomic E-state index is 0.0860. The minimum atomic E-state index is -0.0860. The predicted molar refractivity (Wildman–Crippen MR) is 50.5 cm³/mol. The predicted octanol–water partition coefficient (Wildman–Crippen LogP) is 1.11. The van der Waals surface area contributed by atoms with Crippen LogP contribution in [-0.4, -0.2) is 37.0 Å². The molecule has 1 unspecified atom stereocenters. The zero-order valence-electron chi connectivity index (χ0n) is 8.41. The van der Waals surface area contributed by atoms with Gasteiger partial charge in [-0.25, -0.2) is 0 Å². The summed E-state index contributed by atoms with van der Waals surface area (Å²) in [5, 5.41) is 0. The molecule has 2 aliphatic rings. The van der Waals surface area contributed by atoms with Crippen molar-refractivity contribution >= 4 is 5.91 Å². The van der Waals surface area contributed by atoms with Gasteiger partial charge in [-0.3, -0.25) is 4.79 Å². The molecule has 0 aliphatic carbocycles. The molecule has 0 radical (unpaired) electrons. The van der Waals surface area contributed by atoms with E-state index >= 15 is 0 Å². The zero-order valence-corrected chi connectivity index (χ0v) is 8.41. The first-order valence-corrected chi connectivity index (χ1v) is 5.37. The fourth-order valence-electron chi connectivity index (χ4n) is 1.86. The average Bonchev–Trinajstić information content (AvgIpc) is 2.63. The standard InChI is InChI=1S/C10H17NO3/c12-9-4-3-6-11(9)8-14-10-5-1-2-7-13-10/h10H,1-8H2. The summed E-state index contributed by atoms with van der Waals surface area (Å²) in [6.07, 6.45) is 4.81. The van der Waals surface area contributed by atoms with E-state index in [-0.39, 0.29) is 12.2 Å². The van der Waals surface area contributed by atoms with Gasteiger partial charge in [0.2, 0.25) is 5.91 Å². The van der Waals surface area contributed by atoms with Gasteiger partial charge in [0, 0.05) is 19.6 Å². The molecule has 14 heavy (non-hydrogen) atoms. The van der Waals surface area contributed by atoms with Gasteiger partial charge in [0.05, 0.1) is 0 Å². The summed E-state index contributed by atoms with van der Waals surface area (Å²) in [7, 11) is 0. The molecule has 1 amide bonds. The Hall–Kier alpha value is -0.610. The number of carbonyl (C=O) groups is 1. The van der Waals surface area contributed by atoms with Crippen LogP contribution in [0.15, 0.2) is 0 Å². The van der Waals surface area contributed by atoms with Crippen LogP contribution in [0.5, 0.6) is 0 Å². The Morgan fingerprint density at radius 2 is 2.36 bits per heavy atom. The van der Waals surface area contributed by atoms with Gasteiger partial charge in [-0.2, -0.15) is 0 Å². The second-order valence-corrected chi connectivity index (χ2v) is 3.85. The maximum Gasteiger partial charge on any atom is 0.224 e. The zero-order chi connectivity index (χ0) is 9.80. The number of nitrogens with zero attached hydrogens (tertiary/aromatic N) is 1. The van der Waals surface area contributed by atoms with Crippen LogP contribution in [0.3, 0.4) is 0 Å². The number of hydrogen-bond donors (Lipinski definition) is 0. The molecule has 1 atom stereocenters. The van der Waals surface area contributed by atoms with Crippen molar-refractivity contribution in [2.45, 2.75) is 38.4 Å². The molecule has 0 aromatic heterocycles. The minimum Gasteiger partial charge on any atom is -0.353 e. The van der Waals surface area contributed by atoms with Crippen molar-refractivity contribution < 1.29 is 14.3 Å². The molecule has 2 rings (SSSR count). The molecule has 2 aliphatic heterocycles. The topological polar surface area (TPSA) is 38.8 Å². The summed E-state index contributed by atoms with van der Waals surface area (Å²) in [6, 6.07) is 0. The highest BCUT2D eigenvalue weighted by atomic mass is 16.7. The van der Waals surface area contributed by atoms with E-state index in [1.54, 1.807) is 4.90 Å². The lowest BCUT2D eigenvalue weighted by molar-refractivity contribution is -0.185. The maximum atomic E-state index is 11.3. The van der Waals surface area contributed by atoms with E-state index in [4.69, 9.17) is 9.47 Å². The molecule has 0 spiro atoms. The largest absolute Gasteiger partial charge is 0.353 e. The summed E-state index contributed by atoms with van der Waals surface area (Å²) < 4.78 is 10.9. The van der Waals surface area contributed by atoms with Gasteiger partial charge < -0.3 is 14.4 Å². The number of amides is 1. The van der Waals surface area contributed by atoms with Crippen molar-refractivity contribution in [1.82, 2.24) is 4.90 Å². The van der Waals surface area contributed by atoms with E-state index in [1.165, 1.54) is 6.42 Å². The fourth-order valence-corrected chi connectivity index (χ4v) is 1.86. The van der Waals surface area contributed by atoms with Gasteiger partial charge in [-0.05, 0) is 25.7 Å². The summed E-state index contributed by atoms with van der Waals surface area (Å²) in [6.45, 7) is 2.04. The van der Waals surface area contributed by atoms with Crippen molar-refractivity contribution in [3.8, 4) is 0 Å². The lowest BCUT2D eigenvalue weighted by Crippen LogP contribution is -2.32. The molecule has 2 heterocycles. The molecular weight excluding hydrogens is 182 g/mol. The lowest BCUT2D eigenvalue weighted by atomic mass is 10.2. The highest BCUT2D eigenvalue weighted by Gasteiger charge is 2.22. The van der Waals surface area contributed by atoms with Crippen LogP contribution in [-0.2, 0) is 14.3 Å². The first-order chi connectivity index (χ1) is 6.86. The Labute approximate surface area is 84.2 Å². The number of hydrogen-bond acceptors (Lipinski definition) is 3. The molecule has 2 fully saturated rings. The van der Waals surface area contributed by atoms with Crippen molar-refractivity contribution in [3.63, 3.8) is 0 Å². The molecule has 0 saturated carbocycles. The third-order valence-electron chi connectivity index (χ3n) is 2.73. The SMILES string of the molecule is O=C1CCCN1COC1CCCCO1. The van der Waals surface area contributed by atoms with E-state index in [1.807, 2.05) is 0 Å². The maximum absolute atomic E-state index is 11.3. The van der Waals surface area contributed by atoms with Crippen LogP contribution < -0.4 is 0 Å². The average molecular weight is 199 g/mol. The third-order valence-corrected chi connectivity index (χ3v) is 2.73. The number of carbonyl (C=O) groups excluding carboxylic acids is 1. The first-order valence-electron chi connectivity index (χ1n) is 5.37. The van der Waals surface area contributed by atoms with Gasteiger partial charge >= 0.3 is 0 Å². The second-order valence-electron chi connectivity index (χ2n) is 3.85. The van der Waals surface area contributed by atoms with Gasteiger partial charge in [-0.15, -0.1) is 0 Å². The van der Waals surface area contributed by atoms with E-state index in [2.05, 4.69) is 0 Å². The number of ether oxygens (including phenoxy) is 2. The molecule has 0 aromatic rings. The number of rotatable bonds is 3. The number of likely N-dealkylation sites (tertiary alicyclic amines) is 1. The lowest BCUT2D eigenvalue weighted by Gasteiger charge is -2.25. The molecule has 0 bridgehead atoms. The Morgan fingerprint density at radius 1 is 1.43 bits per heavy atom. The first kappa shape index (κ1) is 9.93. The second kappa shape index (κ2) is 4.75. The van der Waals surface area contributed by atoms with Crippen molar-refractivity contribution in [1.29, 1.82) is 0 Å². The van der Waals surface area contributed by atoms with Crippen LogP contribution in [0.25, 0.3) is 0 Å². The van der Waals surface area contributed by atoms with Crippen LogP contribution in [0.1, 0.15) is 32.1 Å². The summed E-state index contributed by atoms with van der Waals surface area (Å²) in [5.74, 6) is 0.209. The van der Waals surface area contributed by atoms with E-state index in [0.29, 0.717) is 13.2 Å². The third kappa shape index (κ3) is 2.45. The van der Waals surface area contributed by atoms with Crippen LogP contribution in [0.4, 0.5) is 0 Å². The van der Waals surface area contributed by atoms with Crippen LogP contribution in [0, 0.1) is 0 Å². The summed E-state index contributed by atoms with van der Waals surface area (Å²) >= 11 is 0. The summed E-state index contributed by atoms with van der Waals surface area (Å²) in [5.41, 5.74) is 0. The summed E-state index contributed by atoms with van der Waals surface area (Å²) in [4.78, 5) is 13.0. The highest BCUT2D eigenvalue weighted by molar-refractivity contribution is 5.77. The van der Waals surface area contributed by atoms with Gasteiger partial charge in [0.1, 0.15) is 6.73 Å². The molecule has 0 aromatic carbocycles. The Bertz CT molecular complexity index is 202.